The van der Waals surface area contributed by atoms with Gasteiger partial charge >= 0.3 is 11.6 Å². The summed E-state index contributed by atoms with van der Waals surface area (Å²) < 4.78 is 5.69. The smallest absolute Gasteiger partial charge is 0.343 e. The third-order valence-electron chi connectivity index (χ3n) is 5.24. The van der Waals surface area contributed by atoms with Crippen LogP contribution in [0.5, 0.6) is 0 Å². The Morgan fingerprint density at radius 3 is 2.38 bits per heavy atom. The zero-order valence-corrected chi connectivity index (χ0v) is 19.5. The van der Waals surface area contributed by atoms with Gasteiger partial charge in [0.25, 0.3) is 0 Å². The van der Waals surface area contributed by atoms with Crippen LogP contribution in [-0.4, -0.2) is 24.2 Å². The van der Waals surface area contributed by atoms with E-state index in [1.165, 1.54) is 12.2 Å². The molecule has 32 heavy (non-hydrogen) atoms. The maximum atomic E-state index is 12.8. The predicted octanol–water partition coefficient (Wildman–Crippen LogP) is 6.14. The molecular weight excluding hydrogens is 402 g/mol. The van der Waals surface area contributed by atoms with E-state index in [4.69, 9.17) is 9.52 Å². The standard InChI is InChI=1S/C27H33NO4/c1-6-16-28(17-7-2)21-13-15-23-22(9-4)24(27(31)32-25(23)18-21)14-11-19(5)10-12-20(8-3)26(29)30/h8,10-15,18H,5-7,9,16-17H2,1-4H3,(H,29,30)/b12-10-,14-11+,20-8+. The van der Waals surface area contributed by atoms with Gasteiger partial charge in [0.1, 0.15) is 5.58 Å². The Morgan fingerprint density at radius 1 is 1.12 bits per heavy atom. The molecule has 0 atom stereocenters. The quantitative estimate of drug-likeness (QED) is 0.261. The molecule has 0 fully saturated rings. The fourth-order valence-electron chi connectivity index (χ4n) is 3.66. The average molecular weight is 436 g/mol. The van der Waals surface area contributed by atoms with E-state index in [0.29, 0.717) is 23.1 Å². The summed E-state index contributed by atoms with van der Waals surface area (Å²) in [6.45, 7) is 13.8. The van der Waals surface area contributed by atoms with Crippen LogP contribution in [0.3, 0.4) is 0 Å². The maximum absolute atomic E-state index is 12.8. The second-order valence-corrected chi connectivity index (χ2v) is 7.59. The Hall–Kier alpha value is -3.34. The van der Waals surface area contributed by atoms with Gasteiger partial charge < -0.3 is 14.4 Å². The number of anilines is 1. The van der Waals surface area contributed by atoms with Gasteiger partial charge in [0.2, 0.25) is 0 Å². The SMILES string of the molecule is C=C(/C=C\C(=C/C)C(=O)O)/C=C/c1c(CC)c2ccc(N(CCC)CCC)cc2oc1=O. The highest BCUT2D eigenvalue weighted by Crippen LogP contribution is 2.27. The van der Waals surface area contributed by atoms with Gasteiger partial charge in [-0.15, -0.1) is 0 Å². The molecule has 5 heteroatoms. The molecule has 0 aliphatic rings. The van der Waals surface area contributed by atoms with E-state index >= 15 is 0 Å². The van der Waals surface area contributed by atoms with Gasteiger partial charge in [-0.2, -0.15) is 0 Å². The number of nitrogens with zero attached hydrogens (tertiary/aromatic N) is 1. The van der Waals surface area contributed by atoms with Crippen LogP contribution in [-0.2, 0) is 11.2 Å². The summed E-state index contributed by atoms with van der Waals surface area (Å²) >= 11 is 0. The number of carbonyl (C=O) groups is 1. The first-order valence-corrected chi connectivity index (χ1v) is 11.2. The Kier molecular flexibility index (Phi) is 9.26. The number of carboxylic acids is 1. The van der Waals surface area contributed by atoms with Crippen LogP contribution in [0.1, 0.15) is 51.7 Å². The summed E-state index contributed by atoms with van der Waals surface area (Å²) in [5.74, 6) is -1.00. The Balaban J connectivity index is 2.42. The minimum absolute atomic E-state index is 0.176. The molecule has 0 aliphatic carbocycles. The molecule has 2 rings (SSSR count). The van der Waals surface area contributed by atoms with Gasteiger partial charge in [-0.1, -0.05) is 45.6 Å². The lowest BCUT2D eigenvalue weighted by Crippen LogP contribution is -2.24. The van der Waals surface area contributed by atoms with Crippen molar-refractivity contribution in [2.45, 2.75) is 47.0 Å². The van der Waals surface area contributed by atoms with Gasteiger partial charge in [-0.05, 0) is 61.6 Å². The molecule has 0 aliphatic heterocycles. The monoisotopic (exact) mass is 435 g/mol. The molecule has 0 amide bonds. The highest BCUT2D eigenvalue weighted by molar-refractivity contribution is 5.90. The van der Waals surface area contributed by atoms with E-state index in [9.17, 15) is 9.59 Å². The number of hydrogen-bond donors (Lipinski definition) is 1. The van der Waals surface area contributed by atoms with Crippen molar-refractivity contribution >= 4 is 28.7 Å². The van der Waals surface area contributed by atoms with Gasteiger partial charge in [0.15, 0.2) is 0 Å². The molecule has 0 bridgehead atoms. The summed E-state index contributed by atoms with van der Waals surface area (Å²) in [6.07, 6.45) is 10.8. The van der Waals surface area contributed by atoms with E-state index in [-0.39, 0.29) is 5.57 Å². The molecule has 0 spiro atoms. The molecule has 0 saturated heterocycles. The number of aryl methyl sites for hydroxylation is 1. The predicted molar refractivity (Wildman–Crippen MR) is 133 cm³/mol. The number of allylic oxidation sites excluding steroid dienone is 4. The van der Waals surface area contributed by atoms with Crippen LogP contribution in [0.25, 0.3) is 17.0 Å². The minimum Gasteiger partial charge on any atom is -0.478 e. The fourth-order valence-corrected chi connectivity index (χ4v) is 3.66. The number of aliphatic carboxylic acids is 1. The van der Waals surface area contributed by atoms with Crippen LogP contribution in [0.2, 0.25) is 0 Å². The van der Waals surface area contributed by atoms with Crippen molar-refractivity contribution in [1.29, 1.82) is 0 Å². The van der Waals surface area contributed by atoms with Crippen LogP contribution in [0, 0.1) is 0 Å². The first-order valence-electron chi connectivity index (χ1n) is 11.2. The normalized spacial score (nSPS) is 12.2. The largest absolute Gasteiger partial charge is 0.478 e. The van der Waals surface area contributed by atoms with Gasteiger partial charge in [0, 0.05) is 30.2 Å². The third kappa shape index (κ3) is 6.10. The lowest BCUT2D eigenvalue weighted by molar-refractivity contribution is -0.132. The van der Waals surface area contributed by atoms with Crippen LogP contribution in [0.15, 0.2) is 69.4 Å². The van der Waals surface area contributed by atoms with E-state index < -0.39 is 11.6 Å². The molecule has 0 unspecified atom stereocenters. The Bertz CT molecular complexity index is 1110. The van der Waals surface area contributed by atoms with E-state index in [0.717, 1.165) is 42.6 Å². The van der Waals surface area contributed by atoms with Crippen LogP contribution >= 0.6 is 0 Å². The van der Waals surface area contributed by atoms with Crippen molar-refractivity contribution in [2.75, 3.05) is 18.0 Å². The molecule has 5 nitrogen and oxygen atoms in total. The van der Waals surface area contributed by atoms with E-state index in [1.54, 1.807) is 25.2 Å². The average Bonchev–Trinajstić information content (AvgIpc) is 2.76. The van der Waals surface area contributed by atoms with Crippen molar-refractivity contribution in [3.63, 3.8) is 0 Å². The van der Waals surface area contributed by atoms with Crippen molar-refractivity contribution in [2.24, 2.45) is 0 Å². The third-order valence-corrected chi connectivity index (χ3v) is 5.24. The lowest BCUT2D eigenvalue weighted by Gasteiger charge is -2.24. The molecule has 1 N–H and O–H groups in total. The fraction of sp³-hybridized carbons (Fsp3) is 0.333. The first kappa shape index (κ1) is 24.9. The summed E-state index contributed by atoms with van der Waals surface area (Å²) in [5, 5.41) is 10.0. The second-order valence-electron chi connectivity index (χ2n) is 7.59. The second kappa shape index (κ2) is 11.9. The van der Waals surface area contributed by atoms with Crippen molar-refractivity contribution in [3.8, 4) is 0 Å². The lowest BCUT2D eigenvalue weighted by atomic mass is 10.0. The molecule has 2 aromatic rings. The van der Waals surface area contributed by atoms with Crippen LogP contribution < -0.4 is 10.5 Å². The van der Waals surface area contributed by atoms with Crippen LogP contribution in [0.4, 0.5) is 5.69 Å². The van der Waals surface area contributed by atoms with Crippen molar-refractivity contribution in [3.05, 3.63) is 81.8 Å². The van der Waals surface area contributed by atoms with Gasteiger partial charge in [0.05, 0.1) is 11.1 Å². The molecule has 1 aromatic carbocycles. The summed E-state index contributed by atoms with van der Waals surface area (Å²) in [7, 11) is 0. The van der Waals surface area contributed by atoms with Crippen molar-refractivity contribution < 1.29 is 14.3 Å². The van der Waals surface area contributed by atoms with E-state index in [1.807, 2.05) is 19.1 Å². The number of fused-ring (bicyclic) bond motifs is 1. The zero-order valence-electron chi connectivity index (χ0n) is 19.5. The molecule has 1 heterocycles. The highest BCUT2D eigenvalue weighted by atomic mass is 16.4. The molecule has 170 valence electrons. The zero-order chi connectivity index (χ0) is 23.7. The summed E-state index contributed by atoms with van der Waals surface area (Å²) in [4.78, 5) is 26.2. The Labute approximate surface area is 190 Å². The van der Waals surface area contributed by atoms with Crippen molar-refractivity contribution in [1.82, 2.24) is 0 Å². The topological polar surface area (TPSA) is 70.8 Å². The number of carboxylic acid groups (broad SMARTS) is 1. The molecular formula is C27H33NO4. The molecule has 1 aromatic heterocycles. The molecule has 0 saturated carbocycles. The number of hydrogen-bond acceptors (Lipinski definition) is 4. The number of rotatable bonds is 11. The van der Waals surface area contributed by atoms with E-state index in [2.05, 4.69) is 31.4 Å². The summed E-state index contributed by atoms with van der Waals surface area (Å²) in [6, 6.07) is 6.08. The Morgan fingerprint density at radius 2 is 1.81 bits per heavy atom. The molecule has 0 radical (unpaired) electrons. The summed E-state index contributed by atoms with van der Waals surface area (Å²) in [5.41, 5.74) is 3.44. The van der Waals surface area contributed by atoms with Gasteiger partial charge in [-0.25, -0.2) is 9.59 Å². The van der Waals surface area contributed by atoms with Gasteiger partial charge in [-0.3, -0.25) is 0 Å². The highest BCUT2D eigenvalue weighted by Gasteiger charge is 2.13. The first-order chi connectivity index (χ1) is 15.4. The minimum atomic E-state index is -1.00. The maximum Gasteiger partial charge on any atom is 0.343 e. The number of benzene rings is 1.